The molecule has 0 radical (unpaired) electrons. The number of carbonyl (C=O) groups is 2. The zero-order valence-electron chi connectivity index (χ0n) is 38.6. The van der Waals surface area contributed by atoms with E-state index in [1.807, 2.05) is 10.9 Å². The van der Waals surface area contributed by atoms with E-state index in [-0.39, 0.29) is 24.6 Å². The molecule has 1 aromatic heterocycles. The van der Waals surface area contributed by atoms with Crippen molar-refractivity contribution in [2.24, 2.45) is 0 Å². The summed E-state index contributed by atoms with van der Waals surface area (Å²) in [5.74, 6) is -0.0310. The van der Waals surface area contributed by atoms with Crippen molar-refractivity contribution in [1.82, 2.24) is 14.7 Å². The number of unbranched alkanes of at least 4 members (excludes halogenated alkanes) is 25. The molecule has 0 fully saturated rings. The van der Waals surface area contributed by atoms with Crippen molar-refractivity contribution in [2.45, 2.75) is 265 Å². The SMILES string of the molecule is CCCCCCCCCCCOC(=O)CCCCCN(CCCCCCCC(=O)OC(CCCCCCCC)CCCCCCCC)Cc1cnn(CCCCO)c1. The van der Waals surface area contributed by atoms with E-state index in [0.717, 1.165) is 116 Å². The van der Waals surface area contributed by atoms with Gasteiger partial charge in [0.25, 0.3) is 0 Å². The van der Waals surface area contributed by atoms with Gasteiger partial charge in [-0.05, 0) is 83.7 Å². The minimum atomic E-state index is -0.0422. The minimum absolute atomic E-state index is 0.0112. The van der Waals surface area contributed by atoms with Crippen LogP contribution in [-0.2, 0) is 32.2 Å². The van der Waals surface area contributed by atoms with Crippen molar-refractivity contribution in [2.75, 3.05) is 26.3 Å². The van der Waals surface area contributed by atoms with Crippen molar-refractivity contribution >= 4 is 11.9 Å². The van der Waals surface area contributed by atoms with E-state index in [1.54, 1.807) is 0 Å². The number of hydrogen-bond donors (Lipinski definition) is 1. The van der Waals surface area contributed by atoms with Crippen LogP contribution >= 0.6 is 0 Å². The van der Waals surface area contributed by atoms with Gasteiger partial charge in [0.15, 0.2) is 0 Å². The first-order valence-electron chi connectivity index (χ1n) is 25.2. The zero-order valence-corrected chi connectivity index (χ0v) is 38.6. The Morgan fingerprint density at radius 2 is 1.05 bits per heavy atom. The molecule has 1 N–H and O–H groups in total. The number of ether oxygens (including phenoxy) is 2. The molecule has 8 heteroatoms. The van der Waals surface area contributed by atoms with Crippen molar-refractivity contribution in [3.8, 4) is 0 Å². The van der Waals surface area contributed by atoms with E-state index in [0.29, 0.717) is 19.4 Å². The van der Waals surface area contributed by atoms with Gasteiger partial charge in [0.1, 0.15) is 6.10 Å². The van der Waals surface area contributed by atoms with E-state index in [4.69, 9.17) is 14.6 Å². The fraction of sp³-hybridized carbons (Fsp3) is 0.900. The maximum atomic E-state index is 12.9. The third kappa shape index (κ3) is 34.9. The molecular weight excluding hydrogens is 723 g/mol. The molecule has 0 aliphatic heterocycles. The summed E-state index contributed by atoms with van der Waals surface area (Å²) in [6.07, 6.45) is 44.3. The van der Waals surface area contributed by atoms with Crippen LogP contribution < -0.4 is 0 Å². The molecular formula is C50H95N3O5. The lowest BCUT2D eigenvalue weighted by Gasteiger charge is -2.21. The maximum absolute atomic E-state index is 12.9. The van der Waals surface area contributed by atoms with Gasteiger partial charge in [-0.25, -0.2) is 0 Å². The summed E-state index contributed by atoms with van der Waals surface area (Å²) < 4.78 is 13.6. The molecule has 0 saturated carbocycles. The molecule has 0 aromatic carbocycles. The van der Waals surface area contributed by atoms with E-state index in [9.17, 15) is 9.59 Å². The summed E-state index contributed by atoms with van der Waals surface area (Å²) in [5, 5.41) is 13.7. The number of carbonyl (C=O) groups excluding carboxylic acids is 2. The van der Waals surface area contributed by atoms with Crippen molar-refractivity contribution in [3.63, 3.8) is 0 Å². The molecule has 0 aliphatic carbocycles. The third-order valence-corrected chi connectivity index (χ3v) is 11.7. The fourth-order valence-electron chi connectivity index (χ4n) is 7.92. The molecule has 1 rings (SSSR count). The zero-order chi connectivity index (χ0) is 42.0. The molecule has 8 nitrogen and oxygen atoms in total. The van der Waals surface area contributed by atoms with E-state index in [2.05, 4.69) is 37.0 Å². The normalized spacial score (nSPS) is 11.6. The Hall–Kier alpha value is -1.93. The summed E-state index contributed by atoms with van der Waals surface area (Å²) >= 11 is 0. The van der Waals surface area contributed by atoms with Gasteiger partial charge in [-0.2, -0.15) is 5.10 Å². The second-order valence-corrected chi connectivity index (χ2v) is 17.4. The van der Waals surface area contributed by atoms with Crippen LogP contribution in [0.1, 0.15) is 251 Å². The van der Waals surface area contributed by atoms with Gasteiger partial charge >= 0.3 is 11.9 Å². The number of aromatic nitrogens is 2. The van der Waals surface area contributed by atoms with Crippen LogP contribution in [0.3, 0.4) is 0 Å². The summed E-state index contributed by atoms with van der Waals surface area (Å²) in [6, 6.07) is 0. The lowest BCUT2D eigenvalue weighted by molar-refractivity contribution is -0.150. The topological polar surface area (TPSA) is 93.9 Å². The number of aliphatic hydroxyl groups is 1. The average molecular weight is 818 g/mol. The van der Waals surface area contributed by atoms with Gasteiger partial charge < -0.3 is 14.6 Å². The van der Waals surface area contributed by atoms with Crippen LogP contribution in [0.5, 0.6) is 0 Å². The first-order chi connectivity index (χ1) is 28.5. The number of aliphatic hydroxyl groups excluding tert-OH is 1. The maximum Gasteiger partial charge on any atom is 0.306 e. The van der Waals surface area contributed by atoms with Gasteiger partial charge in [0.2, 0.25) is 0 Å². The average Bonchev–Trinajstić information content (AvgIpc) is 3.67. The second-order valence-electron chi connectivity index (χ2n) is 17.4. The lowest BCUT2D eigenvalue weighted by atomic mass is 10.0. The summed E-state index contributed by atoms with van der Waals surface area (Å²) in [5.41, 5.74) is 1.23. The highest BCUT2D eigenvalue weighted by Crippen LogP contribution is 2.19. The van der Waals surface area contributed by atoms with Crippen molar-refractivity contribution in [1.29, 1.82) is 0 Å². The Morgan fingerprint density at radius 1 is 0.586 bits per heavy atom. The van der Waals surface area contributed by atoms with Gasteiger partial charge in [-0.15, -0.1) is 0 Å². The predicted octanol–water partition coefficient (Wildman–Crippen LogP) is 13.8. The standard InChI is InChI=1S/C50H95N3O5/c1-4-7-10-13-16-17-18-24-34-43-57-49(55)37-29-25-31-40-52(45-47-44-51-53(46-47)41-32-33-42-54)39-30-23-19-22-28-38-50(56)58-48(35-26-20-14-11-8-5-2)36-27-21-15-12-9-6-3/h44,46,48,54H,4-43,45H2,1-3H3. The molecule has 58 heavy (non-hydrogen) atoms. The second kappa shape index (κ2) is 41.8. The lowest BCUT2D eigenvalue weighted by Crippen LogP contribution is -2.25. The Balaban J connectivity index is 2.38. The van der Waals surface area contributed by atoms with Gasteiger partial charge in [0.05, 0.1) is 12.8 Å². The van der Waals surface area contributed by atoms with Crippen LogP contribution in [0.15, 0.2) is 12.4 Å². The minimum Gasteiger partial charge on any atom is -0.466 e. The Bertz CT molecular complexity index is 1020. The number of rotatable bonds is 45. The highest BCUT2D eigenvalue weighted by Gasteiger charge is 2.15. The summed E-state index contributed by atoms with van der Waals surface area (Å²) in [4.78, 5) is 27.7. The van der Waals surface area contributed by atoms with Crippen LogP contribution in [0.4, 0.5) is 0 Å². The first kappa shape index (κ1) is 54.1. The quantitative estimate of drug-likeness (QED) is 0.0517. The predicted molar refractivity (Wildman–Crippen MR) is 244 cm³/mol. The molecule has 0 bridgehead atoms. The number of hydrogen-bond acceptors (Lipinski definition) is 7. The van der Waals surface area contributed by atoms with Crippen LogP contribution in [0.25, 0.3) is 0 Å². The molecule has 0 unspecified atom stereocenters. The molecule has 0 saturated heterocycles. The molecule has 0 aliphatic rings. The van der Waals surface area contributed by atoms with Crippen LogP contribution in [0, 0.1) is 0 Å². The summed E-state index contributed by atoms with van der Waals surface area (Å²) in [6.45, 7) is 11.3. The van der Waals surface area contributed by atoms with Gasteiger partial charge in [0, 0.05) is 44.3 Å². The molecule has 1 heterocycles. The molecule has 0 amide bonds. The van der Waals surface area contributed by atoms with E-state index >= 15 is 0 Å². The molecule has 0 atom stereocenters. The van der Waals surface area contributed by atoms with Gasteiger partial charge in [-0.3, -0.25) is 19.2 Å². The highest BCUT2D eigenvalue weighted by molar-refractivity contribution is 5.69. The Kier molecular flexibility index (Phi) is 39.0. The Morgan fingerprint density at radius 3 is 1.60 bits per heavy atom. The van der Waals surface area contributed by atoms with Crippen LogP contribution in [0.2, 0.25) is 0 Å². The van der Waals surface area contributed by atoms with Crippen molar-refractivity contribution < 1.29 is 24.2 Å². The number of nitrogens with zero attached hydrogens (tertiary/aromatic N) is 3. The highest BCUT2D eigenvalue weighted by atomic mass is 16.5. The third-order valence-electron chi connectivity index (χ3n) is 11.7. The summed E-state index contributed by atoms with van der Waals surface area (Å²) in [7, 11) is 0. The number of aryl methyl sites for hydroxylation is 1. The van der Waals surface area contributed by atoms with Crippen LogP contribution in [-0.4, -0.2) is 64.1 Å². The smallest absolute Gasteiger partial charge is 0.306 e. The first-order valence-corrected chi connectivity index (χ1v) is 25.2. The number of esters is 2. The Labute approximate surface area is 358 Å². The van der Waals surface area contributed by atoms with Crippen molar-refractivity contribution in [3.05, 3.63) is 18.0 Å². The van der Waals surface area contributed by atoms with Gasteiger partial charge in [-0.1, -0.05) is 162 Å². The molecule has 340 valence electrons. The molecule has 1 aromatic rings. The monoisotopic (exact) mass is 818 g/mol. The largest absolute Gasteiger partial charge is 0.466 e. The van der Waals surface area contributed by atoms with E-state index in [1.165, 1.54) is 128 Å². The van der Waals surface area contributed by atoms with E-state index < -0.39 is 0 Å². The fourth-order valence-corrected chi connectivity index (χ4v) is 7.92. The molecule has 0 spiro atoms.